The molecule has 1 saturated carbocycles. The second-order valence-electron chi connectivity index (χ2n) is 12.6. The van der Waals surface area contributed by atoms with E-state index in [-0.39, 0.29) is 24.0 Å². The molecule has 41 heavy (non-hydrogen) atoms. The first-order chi connectivity index (χ1) is 18.9. The Labute approximate surface area is 250 Å². The molecular formula is C32H57NO6P2. The van der Waals surface area contributed by atoms with Crippen LogP contribution in [0.5, 0.6) is 0 Å². The molecule has 0 radical (unpaired) electrons. The first kappa shape index (κ1) is 38.0. The van der Waals surface area contributed by atoms with Crippen LogP contribution in [0.4, 0.5) is 0 Å². The van der Waals surface area contributed by atoms with Gasteiger partial charge in [-0.15, -0.1) is 0 Å². The monoisotopic (exact) mass is 613 g/mol. The summed E-state index contributed by atoms with van der Waals surface area (Å²) < 4.78 is 27.0. The molecule has 0 saturated heterocycles. The maximum absolute atomic E-state index is 12.0. The summed E-state index contributed by atoms with van der Waals surface area (Å²) in [5.41, 5.74) is 7.02. The van der Waals surface area contributed by atoms with Gasteiger partial charge in [-0.25, -0.2) is 8.88 Å². The Bertz CT molecular complexity index is 1080. The third-order valence-corrected chi connectivity index (χ3v) is 10.5. The van der Waals surface area contributed by atoms with Crippen LogP contribution >= 0.6 is 15.4 Å². The van der Waals surface area contributed by atoms with Crippen LogP contribution in [0.1, 0.15) is 113 Å². The number of hydrogen-bond donors (Lipinski definition) is 4. The van der Waals surface area contributed by atoms with Gasteiger partial charge in [0.1, 0.15) is 0 Å². The lowest BCUT2D eigenvalue weighted by molar-refractivity contribution is 0.263. The summed E-state index contributed by atoms with van der Waals surface area (Å²) in [5.74, 6) is 0.372. The Hall–Kier alpha value is -1.04. The largest absolute Gasteiger partial charge is 0.476 e. The van der Waals surface area contributed by atoms with Gasteiger partial charge in [0.25, 0.3) is 0 Å². The first-order valence-corrected chi connectivity index (χ1v) is 18.3. The van der Waals surface area contributed by atoms with Crippen LogP contribution in [0, 0.1) is 11.3 Å². The van der Waals surface area contributed by atoms with Crippen molar-refractivity contribution in [1.29, 1.82) is 0 Å². The molecule has 4 N–H and O–H groups in total. The van der Waals surface area contributed by atoms with Crippen LogP contribution < -0.4 is 5.32 Å². The summed E-state index contributed by atoms with van der Waals surface area (Å²) in [6.45, 7) is 17.9. The van der Waals surface area contributed by atoms with Crippen LogP contribution in [0.25, 0.3) is 0 Å². The predicted octanol–water partition coefficient (Wildman–Crippen LogP) is 9.16. The van der Waals surface area contributed by atoms with Gasteiger partial charge < -0.3 is 20.0 Å². The lowest BCUT2D eigenvalue weighted by Gasteiger charge is -2.14. The van der Waals surface area contributed by atoms with Gasteiger partial charge in [0.15, 0.2) is 0 Å². The smallest absolute Gasteiger partial charge is 0.324 e. The normalized spacial score (nSPS) is 23.2. The van der Waals surface area contributed by atoms with Crippen LogP contribution in [0.15, 0.2) is 58.2 Å². The van der Waals surface area contributed by atoms with Gasteiger partial charge in [0, 0.05) is 6.04 Å². The average molecular weight is 614 g/mol. The molecule has 1 rings (SSSR count). The fourth-order valence-corrected chi connectivity index (χ4v) is 7.47. The van der Waals surface area contributed by atoms with E-state index < -0.39 is 15.4 Å². The topological polar surface area (TPSA) is 116 Å². The highest BCUT2D eigenvalue weighted by Crippen LogP contribution is 2.58. The van der Waals surface area contributed by atoms with Crippen molar-refractivity contribution in [2.75, 3.05) is 12.7 Å². The molecule has 0 aliphatic heterocycles. The number of allylic oxidation sites excluding steroid dienone is 9. The lowest BCUT2D eigenvalue weighted by atomic mass is 9.96. The van der Waals surface area contributed by atoms with E-state index in [9.17, 15) is 14.0 Å². The van der Waals surface area contributed by atoms with E-state index >= 15 is 0 Å². The summed E-state index contributed by atoms with van der Waals surface area (Å²) in [6, 6.07) is 0.249. The quantitative estimate of drug-likeness (QED) is 0.0615. The Balaban J connectivity index is 2.78. The molecule has 4 atom stereocenters. The fourth-order valence-electron chi connectivity index (χ4n) is 5.26. The summed E-state index contributed by atoms with van der Waals surface area (Å²) in [4.78, 5) is 27.5. The van der Waals surface area contributed by atoms with Crippen molar-refractivity contribution in [2.45, 2.75) is 119 Å². The summed E-state index contributed by atoms with van der Waals surface area (Å²) >= 11 is 0. The van der Waals surface area contributed by atoms with Crippen molar-refractivity contribution in [3.05, 3.63) is 58.2 Å². The Morgan fingerprint density at radius 1 is 0.780 bits per heavy atom. The Kier molecular flexibility index (Phi) is 16.6. The molecule has 7 nitrogen and oxygen atoms in total. The van der Waals surface area contributed by atoms with Crippen molar-refractivity contribution in [1.82, 2.24) is 5.32 Å². The van der Waals surface area contributed by atoms with Gasteiger partial charge in [0.05, 0.1) is 6.16 Å². The number of nitrogens with one attached hydrogen (secondary N) is 1. The maximum Gasteiger partial charge on any atom is 0.476 e. The number of rotatable bonds is 20. The molecule has 1 aliphatic rings. The molecule has 9 heteroatoms. The standard InChI is InChI=1S/C32H57NO6P2/c1-25(2)14-9-16-27(5)18-11-19-29(7)24-30-31(33-22-13-23-40(34,35)39-41(36,37)38)32(30,8)21-12-20-28(6)17-10-15-26(3)4/h14-15,18,20,24,30-31,33H,9-13,16-17,19,21-23H2,1-8H3,(H,34,35)(H2,36,37,38). The van der Waals surface area contributed by atoms with E-state index in [2.05, 4.69) is 95.4 Å². The molecule has 0 bridgehead atoms. The molecule has 0 heterocycles. The van der Waals surface area contributed by atoms with Crippen LogP contribution in [-0.4, -0.2) is 33.4 Å². The molecule has 0 amide bonds. The third kappa shape index (κ3) is 17.0. The van der Waals surface area contributed by atoms with Crippen molar-refractivity contribution in [3.8, 4) is 0 Å². The van der Waals surface area contributed by atoms with Crippen LogP contribution in [-0.2, 0) is 13.4 Å². The summed E-state index contributed by atoms with van der Waals surface area (Å²) in [7, 11) is -9.34. The molecule has 0 spiro atoms. The maximum atomic E-state index is 12.0. The molecular weight excluding hydrogens is 556 g/mol. The predicted molar refractivity (Wildman–Crippen MR) is 173 cm³/mol. The second-order valence-corrected chi connectivity index (χ2v) is 15.9. The zero-order chi connectivity index (χ0) is 31.3. The summed E-state index contributed by atoms with van der Waals surface area (Å²) in [6.07, 6.45) is 20.1. The van der Waals surface area contributed by atoms with E-state index in [0.29, 0.717) is 12.5 Å². The van der Waals surface area contributed by atoms with Gasteiger partial charge in [-0.1, -0.05) is 65.2 Å². The second kappa shape index (κ2) is 17.9. The molecule has 0 aromatic carbocycles. The van der Waals surface area contributed by atoms with E-state index in [1.807, 2.05) is 0 Å². The minimum absolute atomic E-state index is 0.0827. The molecule has 0 aromatic rings. The molecule has 1 fully saturated rings. The van der Waals surface area contributed by atoms with Crippen LogP contribution in [0.3, 0.4) is 0 Å². The van der Waals surface area contributed by atoms with E-state index in [1.54, 1.807) is 0 Å². The number of hydrogen-bond acceptors (Lipinski definition) is 4. The molecule has 0 aromatic heterocycles. The Morgan fingerprint density at radius 3 is 1.78 bits per heavy atom. The van der Waals surface area contributed by atoms with Gasteiger partial charge in [-0.3, -0.25) is 4.57 Å². The van der Waals surface area contributed by atoms with E-state index in [0.717, 1.165) is 51.4 Å². The fraction of sp³-hybridized carbons (Fsp3) is 0.688. The van der Waals surface area contributed by atoms with E-state index in [1.165, 1.54) is 27.9 Å². The zero-order valence-corrected chi connectivity index (χ0v) is 28.6. The van der Waals surface area contributed by atoms with Crippen molar-refractivity contribution in [3.63, 3.8) is 0 Å². The minimum Gasteiger partial charge on any atom is -0.324 e. The number of phosphoric acid groups is 1. The molecule has 4 unspecified atom stereocenters. The highest BCUT2D eigenvalue weighted by atomic mass is 31.3. The van der Waals surface area contributed by atoms with Gasteiger partial charge >= 0.3 is 15.4 Å². The van der Waals surface area contributed by atoms with Crippen LogP contribution in [0.2, 0.25) is 0 Å². The molecule has 1 aliphatic carbocycles. The third-order valence-electron chi connectivity index (χ3n) is 7.79. The minimum atomic E-state index is -5.00. The zero-order valence-electron chi connectivity index (χ0n) is 26.8. The first-order valence-electron chi connectivity index (χ1n) is 15.0. The van der Waals surface area contributed by atoms with Crippen molar-refractivity contribution >= 4 is 15.4 Å². The lowest BCUT2D eigenvalue weighted by Crippen LogP contribution is -2.24. The Morgan fingerprint density at radius 2 is 1.27 bits per heavy atom. The highest BCUT2D eigenvalue weighted by Gasteiger charge is 2.58. The van der Waals surface area contributed by atoms with E-state index in [4.69, 9.17) is 9.79 Å². The average Bonchev–Trinajstić information content (AvgIpc) is 3.35. The SMILES string of the molecule is CC(C)=CCCC(C)=CCCC(C)=CC1C(NCCCP(=O)(O)OP(=O)(O)O)C1(C)CCC=C(C)CCC=C(C)C. The van der Waals surface area contributed by atoms with Gasteiger partial charge in [-0.05, 0) is 124 Å². The van der Waals surface area contributed by atoms with Crippen molar-refractivity contribution in [2.24, 2.45) is 11.3 Å². The molecule has 236 valence electrons. The summed E-state index contributed by atoms with van der Waals surface area (Å²) in [5, 5.41) is 3.56. The van der Waals surface area contributed by atoms with Gasteiger partial charge in [-0.2, -0.15) is 0 Å². The highest BCUT2D eigenvalue weighted by molar-refractivity contribution is 7.63. The van der Waals surface area contributed by atoms with Gasteiger partial charge in [0.2, 0.25) is 0 Å². The van der Waals surface area contributed by atoms with Crippen molar-refractivity contribution < 1.29 is 28.1 Å².